The van der Waals surface area contributed by atoms with Crippen LogP contribution >= 0.6 is 11.8 Å². The summed E-state index contributed by atoms with van der Waals surface area (Å²) >= 11 is 1.74. The predicted octanol–water partition coefficient (Wildman–Crippen LogP) is 1.70. The van der Waals surface area contributed by atoms with E-state index >= 15 is 0 Å². The molecule has 0 saturated carbocycles. The predicted molar refractivity (Wildman–Crippen MR) is 48.7 cm³/mol. The normalized spacial score (nSPS) is 13.6. The topological polar surface area (TPSA) is 49.9 Å². The molecule has 2 nitrogen and oxygen atoms in total. The van der Waals surface area contributed by atoms with Crippen LogP contribution in [-0.4, -0.2) is 16.8 Å². The summed E-state index contributed by atoms with van der Waals surface area (Å²) < 4.78 is 0. The molecule has 0 saturated heterocycles. The van der Waals surface area contributed by atoms with Gasteiger partial charge in [-0.1, -0.05) is 20.8 Å². The molecule has 3 heteroatoms. The first kappa shape index (κ1) is 9.82. The highest BCUT2D eigenvalue weighted by atomic mass is 32.2. The lowest BCUT2D eigenvalue weighted by molar-refractivity contribution is 0.643. The molecular formula is C7H16N2S. The van der Waals surface area contributed by atoms with Crippen molar-refractivity contribution in [1.29, 1.82) is 5.41 Å². The second kappa shape index (κ2) is 4.61. The van der Waals surface area contributed by atoms with Gasteiger partial charge in [0.05, 0.1) is 5.75 Å². The lowest BCUT2D eigenvalue weighted by Gasteiger charge is -2.13. The van der Waals surface area contributed by atoms with Crippen LogP contribution in [0.3, 0.4) is 0 Å². The van der Waals surface area contributed by atoms with E-state index in [1.807, 2.05) is 0 Å². The van der Waals surface area contributed by atoms with Gasteiger partial charge >= 0.3 is 0 Å². The Hall–Kier alpha value is -0.180. The van der Waals surface area contributed by atoms with E-state index in [0.29, 0.717) is 16.9 Å². The summed E-state index contributed by atoms with van der Waals surface area (Å²) in [5.41, 5.74) is 5.20. The maximum atomic E-state index is 6.99. The molecule has 0 spiro atoms. The maximum Gasteiger partial charge on any atom is 0.101 e. The van der Waals surface area contributed by atoms with Crippen molar-refractivity contribution in [1.82, 2.24) is 0 Å². The van der Waals surface area contributed by atoms with E-state index in [0.717, 1.165) is 0 Å². The van der Waals surface area contributed by atoms with Gasteiger partial charge in [0, 0.05) is 5.25 Å². The van der Waals surface area contributed by atoms with Crippen LogP contribution in [0, 0.1) is 11.3 Å². The van der Waals surface area contributed by atoms with Crippen LogP contribution in [0.25, 0.3) is 0 Å². The van der Waals surface area contributed by atoms with Crippen LogP contribution in [0.5, 0.6) is 0 Å². The van der Waals surface area contributed by atoms with Crippen molar-refractivity contribution in [3.8, 4) is 0 Å². The van der Waals surface area contributed by atoms with Crippen molar-refractivity contribution in [2.45, 2.75) is 26.0 Å². The standard InChI is InChI=1S/C7H16N2S/c1-5(2)6(3)10-4-7(8)9/h5-6H,4H2,1-3H3,(H3,8,9). The molecule has 3 N–H and O–H groups in total. The summed E-state index contributed by atoms with van der Waals surface area (Å²) in [6.07, 6.45) is 0. The zero-order chi connectivity index (χ0) is 8.15. The lowest BCUT2D eigenvalue weighted by atomic mass is 10.2. The average molecular weight is 160 g/mol. The number of hydrogen-bond donors (Lipinski definition) is 2. The zero-order valence-corrected chi connectivity index (χ0v) is 7.66. The molecule has 0 fully saturated rings. The van der Waals surface area contributed by atoms with Crippen LogP contribution in [0.2, 0.25) is 0 Å². The molecule has 0 aliphatic carbocycles. The third kappa shape index (κ3) is 4.68. The Labute approximate surface area is 67.1 Å². The number of nitrogens with two attached hydrogens (primary N) is 1. The third-order valence-electron chi connectivity index (χ3n) is 1.44. The lowest BCUT2D eigenvalue weighted by Crippen LogP contribution is -2.16. The van der Waals surface area contributed by atoms with Gasteiger partial charge < -0.3 is 5.73 Å². The maximum absolute atomic E-state index is 6.99. The van der Waals surface area contributed by atoms with Crippen molar-refractivity contribution in [3.05, 3.63) is 0 Å². The van der Waals surface area contributed by atoms with Crippen molar-refractivity contribution in [2.24, 2.45) is 11.7 Å². The highest BCUT2D eigenvalue weighted by Gasteiger charge is 2.06. The molecule has 1 unspecified atom stereocenters. The molecule has 0 aromatic rings. The first-order valence-corrected chi connectivity index (χ1v) is 4.53. The third-order valence-corrected chi connectivity index (χ3v) is 2.99. The van der Waals surface area contributed by atoms with Gasteiger partial charge in [-0.05, 0) is 5.92 Å². The molecule has 0 aromatic heterocycles. The molecule has 0 aromatic carbocycles. The number of hydrogen-bond acceptors (Lipinski definition) is 2. The summed E-state index contributed by atoms with van der Waals surface area (Å²) in [5.74, 6) is 1.61. The minimum atomic E-state index is 0.275. The summed E-state index contributed by atoms with van der Waals surface area (Å²) in [7, 11) is 0. The quantitative estimate of drug-likeness (QED) is 0.486. The van der Waals surface area contributed by atoms with Gasteiger partial charge in [-0.2, -0.15) is 11.8 Å². The second-order valence-corrected chi connectivity index (χ2v) is 4.15. The van der Waals surface area contributed by atoms with Crippen LogP contribution < -0.4 is 5.73 Å². The van der Waals surface area contributed by atoms with E-state index in [4.69, 9.17) is 11.1 Å². The molecule has 0 aliphatic rings. The Kier molecular flexibility index (Phi) is 4.52. The van der Waals surface area contributed by atoms with Crippen LogP contribution in [-0.2, 0) is 0 Å². The van der Waals surface area contributed by atoms with E-state index in [2.05, 4.69) is 20.8 Å². The van der Waals surface area contributed by atoms with Gasteiger partial charge in [-0.3, -0.25) is 5.41 Å². The molecule has 0 radical (unpaired) electrons. The Balaban J connectivity index is 3.39. The molecule has 1 atom stereocenters. The van der Waals surface area contributed by atoms with Crippen LogP contribution in [0.15, 0.2) is 0 Å². The molecule has 0 rings (SSSR count). The molecule has 0 amide bonds. The molecule has 0 bridgehead atoms. The minimum absolute atomic E-state index is 0.275. The first-order chi connectivity index (χ1) is 4.54. The smallest absolute Gasteiger partial charge is 0.101 e. The molecule has 10 heavy (non-hydrogen) atoms. The number of thioether (sulfide) groups is 1. The molecule has 60 valence electrons. The average Bonchev–Trinajstić information content (AvgIpc) is 1.82. The van der Waals surface area contributed by atoms with Gasteiger partial charge in [0.25, 0.3) is 0 Å². The molecule has 0 heterocycles. The molecule has 0 aliphatic heterocycles. The number of nitrogens with one attached hydrogen (secondary N) is 1. The zero-order valence-electron chi connectivity index (χ0n) is 6.85. The van der Waals surface area contributed by atoms with Gasteiger partial charge in [0.2, 0.25) is 0 Å². The SMILES string of the molecule is CC(C)C(C)SCC(=N)N. The van der Waals surface area contributed by atoms with E-state index < -0.39 is 0 Å². The molecular weight excluding hydrogens is 144 g/mol. The highest BCUT2D eigenvalue weighted by Crippen LogP contribution is 2.17. The number of rotatable bonds is 4. The van der Waals surface area contributed by atoms with E-state index in [1.54, 1.807) is 11.8 Å². The second-order valence-electron chi connectivity index (χ2n) is 2.79. The monoisotopic (exact) mass is 160 g/mol. The summed E-state index contributed by atoms with van der Waals surface area (Å²) in [6.45, 7) is 6.52. The van der Waals surface area contributed by atoms with Crippen molar-refractivity contribution in [2.75, 3.05) is 5.75 Å². The van der Waals surface area contributed by atoms with E-state index in [1.165, 1.54) is 0 Å². The summed E-state index contributed by atoms with van der Waals surface area (Å²) in [4.78, 5) is 0. The van der Waals surface area contributed by atoms with Crippen molar-refractivity contribution >= 4 is 17.6 Å². The summed E-state index contributed by atoms with van der Waals surface area (Å²) in [6, 6.07) is 0. The minimum Gasteiger partial charge on any atom is -0.387 e. The van der Waals surface area contributed by atoms with Gasteiger partial charge in [0.15, 0.2) is 0 Å². The Morgan fingerprint density at radius 2 is 2.00 bits per heavy atom. The first-order valence-electron chi connectivity index (χ1n) is 3.48. The van der Waals surface area contributed by atoms with Gasteiger partial charge in [-0.25, -0.2) is 0 Å². The Morgan fingerprint density at radius 1 is 1.50 bits per heavy atom. The largest absolute Gasteiger partial charge is 0.387 e. The van der Waals surface area contributed by atoms with Gasteiger partial charge in [-0.15, -0.1) is 0 Å². The van der Waals surface area contributed by atoms with E-state index in [9.17, 15) is 0 Å². The van der Waals surface area contributed by atoms with Gasteiger partial charge in [0.1, 0.15) is 5.84 Å². The Morgan fingerprint density at radius 3 is 2.30 bits per heavy atom. The van der Waals surface area contributed by atoms with Crippen LogP contribution in [0.1, 0.15) is 20.8 Å². The van der Waals surface area contributed by atoms with Crippen molar-refractivity contribution in [3.63, 3.8) is 0 Å². The van der Waals surface area contributed by atoms with E-state index in [-0.39, 0.29) is 5.84 Å². The van der Waals surface area contributed by atoms with Crippen molar-refractivity contribution < 1.29 is 0 Å². The fourth-order valence-electron chi connectivity index (χ4n) is 0.414. The highest BCUT2D eigenvalue weighted by molar-refractivity contribution is 8.00. The fraction of sp³-hybridized carbons (Fsp3) is 0.857. The number of amidine groups is 1. The summed E-state index contributed by atoms with van der Waals surface area (Å²) in [5, 5.41) is 7.59. The Bertz CT molecular complexity index is 112. The fourth-order valence-corrected chi connectivity index (χ4v) is 1.24. The van der Waals surface area contributed by atoms with Crippen LogP contribution in [0.4, 0.5) is 0 Å².